The zero-order chi connectivity index (χ0) is 13.4. The van der Waals surface area contributed by atoms with Crippen molar-refractivity contribution < 1.29 is 19.4 Å². The highest BCUT2D eigenvalue weighted by molar-refractivity contribution is 5.74. The third kappa shape index (κ3) is 6.44. The highest BCUT2D eigenvalue weighted by Gasteiger charge is 2.26. The maximum Gasteiger partial charge on any atom is 0.329 e. The summed E-state index contributed by atoms with van der Waals surface area (Å²) in [4.78, 5) is 23.9. The van der Waals surface area contributed by atoms with Gasteiger partial charge in [0.05, 0.1) is 6.61 Å². The minimum atomic E-state index is -0.998. The summed E-state index contributed by atoms with van der Waals surface area (Å²) < 4.78 is 4.85. The quantitative estimate of drug-likeness (QED) is 0.603. The number of carbonyl (C=O) groups is 2. The number of urea groups is 1. The molecule has 104 valence electrons. The van der Waals surface area contributed by atoms with Crippen LogP contribution in [0.15, 0.2) is 0 Å². The van der Waals surface area contributed by atoms with E-state index in [1.54, 1.807) is 0 Å². The number of carboxylic acids is 1. The Bertz CT molecular complexity index is 279. The van der Waals surface area contributed by atoms with Gasteiger partial charge in [0, 0.05) is 19.6 Å². The van der Waals surface area contributed by atoms with E-state index < -0.39 is 5.97 Å². The lowest BCUT2D eigenvalue weighted by Gasteiger charge is -2.22. The monoisotopic (exact) mass is 258 g/mol. The van der Waals surface area contributed by atoms with Crippen molar-refractivity contribution in [1.82, 2.24) is 10.2 Å². The maximum absolute atomic E-state index is 11.8. The molecule has 0 radical (unpaired) electrons. The summed E-state index contributed by atoms with van der Waals surface area (Å²) in [5, 5.41) is 11.1. The van der Waals surface area contributed by atoms with E-state index >= 15 is 0 Å². The number of amides is 2. The lowest BCUT2D eigenvalue weighted by Crippen LogP contribution is -2.42. The fraction of sp³-hybridized carbons (Fsp3) is 0.833. The van der Waals surface area contributed by atoms with Crippen molar-refractivity contribution in [2.45, 2.75) is 26.2 Å². The van der Waals surface area contributed by atoms with E-state index in [9.17, 15) is 9.59 Å². The molecule has 2 amide bonds. The van der Waals surface area contributed by atoms with Crippen LogP contribution in [0.2, 0.25) is 0 Å². The van der Waals surface area contributed by atoms with Gasteiger partial charge >= 0.3 is 12.0 Å². The molecular formula is C12H22N2O4. The van der Waals surface area contributed by atoms with Crippen LogP contribution in [0.3, 0.4) is 0 Å². The first kappa shape index (κ1) is 14.8. The third-order valence-electron chi connectivity index (χ3n) is 2.70. The molecule has 0 aromatic rings. The van der Waals surface area contributed by atoms with Gasteiger partial charge in [-0.3, -0.25) is 0 Å². The fourth-order valence-corrected chi connectivity index (χ4v) is 1.66. The average Bonchev–Trinajstić information content (AvgIpc) is 3.11. The lowest BCUT2D eigenvalue weighted by molar-refractivity contribution is -0.142. The van der Waals surface area contributed by atoms with Crippen LogP contribution < -0.4 is 5.32 Å². The molecule has 0 atom stereocenters. The molecule has 0 heterocycles. The summed E-state index contributed by atoms with van der Waals surface area (Å²) in [5.74, 6) is -0.326. The second-order valence-electron chi connectivity index (χ2n) is 4.57. The molecule has 0 aliphatic heterocycles. The molecule has 1 rings (SSSR count). The Labute approximate surface area is 107 Å². The van der Waals surface area contributed by atoms with E-state index in [0.29, 0.717) is 12.5 Å². The average molecular weight is 258 g/mol. The topological polar surface area (TPSA) is 78.9 Å². The minimum absolute atomic E-state index is 0.0809. The molecule has 0 saturated heterocycles. The highest BCUT2D eigenvalue weighted by atomic mass is 16.5. The molecule has 0 aromatic heterocycles. The summed E-state index contributed by atoms with van der Waals surface area (Å²) in [6.07, 6.45) is 3.38. The summed E-state index contributed by atoms with van der Waals surface area (Å²) in [5.41, 5.74) is 0. The second kappa shape index (κ2) is 7.92. The summed E-state index contributed by atoms with van der Waals surface area (Å²) >= 11 is 0. The minimum Gasteiger partial charge on any atom is -0.480 e. The van der Waals surface area contributed by atoms with Crippen molar-refractivity contribution in [3.63, 3.8) is 0 Å². The van der Waals surface area contributed by atoms with Gasteiger partial charge in [-0.2, -0.15) is 0 Å². The number of hydrogen-bond donors (Lipinski definition) is 2. The predicted octanol–water partition coefficient (Wildman–Crippen LogP) is 0.919. The Morgan fingerprint density at radius 1 is 1.44 bits per heavy atom. The van der Waals surface area contributed by atoms with Gasteiger partial charge in [-0.15, -0.1) is 0 Å². The zero-order valence-electron chi connectivity index (χ0n) is 10.9. The number of hydrogen-bond acceptors (Lipinski definition) is 3. The van der Waals surface area contributed by atoms with Gasteiger partial charge in [-0.05, 0) is 25.2 Å². The van der Waals surface area contributed by atoms with E-state index in [1.807, 2.05) is 11.8 Å². The van der Waals surface area contributed by atoms with Crippen LogP contribution in [0.1, 0.15) is 26.2 Å². The largest absolute Gasteiger partial charge is 0.480 e. The standard InChI is InChI=1S/C12H22N2O4/c1-2-6-14(8-10-3-4-10)12(17)13-5-7-18-9-11(15)16/h10H,2-9H2,1H3,(H,13,17)(H,15,16). The van der Waals surface area contributed by atoms with Crippen molar-refractivity contribution >= 4 is 12.0 Å². The Balaban J connectivity index is 2.13. The number of rotatable bonds is 9. The number of carbonyl (C=O) groups excluding carboxylic acids is 1. The maximum atomic E-state index is 11.8. The van der Waals surface area contributed by atoms with E-state index in [4.69, 9.17) is 9.84 Å². The zero-order valence-corrected chi connectivity index (χ0v) is 10.9. The van der Waals surface area contributed by atoms with Gasteiger partial charge in [0.1, 0.15) is 6.61 Å². The smallest absolute Gasteiger partial charge is 0.329 e. The van der Waals surface area contributed by atoms with Crippen LogP contribution >= 0.6 is 0 Å². The summed E-state index contributed by atoms with van der Waals surface area (Å²) in [7, 11) is 0. The molecule has 6 nitrogen and oxygen atoms in total. The molecule has 1 fully saturated rings. The summed E-state index contributed by atoms with van der Waals surface area (Å²) in [6.45, 7) is 3.88. The predicted molar refractivity (Wildman–Crippen MR) is 66.4 cm³/mol. The van der Waals surface area contributed by atoms with Gasteiger partial charge in [-0.1, -0.05) is 6.92 Å². The molecule has 1 aliphatic carbocycles. The molecule has 0 unspecified atom stereocenters. The van der Waals surface area contributed by atoms with Gasteiger partial charge in [0.25, 0.3) is 0 Å². The van der Waals surface area contributed by atoms with Gasteiger partial charge in [0.2, 0.25) is 0 Å². The molecular weight excluding hydrogens is 236 g/mol. The van der Waals surface area contributed by atoms with E-state index in [-0.39, 0.29) is 19.2 Å². The van der Waals surface area contributed by atoms with Gasteiger partial charge < -0.3 is 20.1 Å². The molecule has 1 aliphatic rings. The number of nitrogens with zero attached hydrogens (tertiary/aromatic N) is 1. The van der Waals surface area contributed by atoms with E-state index in [1.165, 1.54) is 12.8 Å². The number of aliphatic carboxylic acids is 1. The summed E-state index contributed by atoms with van der Waals surface area (Å²) in [6, 6.07) is -0.0809. The molecule has 0 bridgehead atoms. The SMILES string of the molecule is CCCN(CC1CC1)C(=O)NCCOCC(=O)O. The third-order valence-corrected chi connectivity index (χ3v) is 2.70. The first-order valence-electron chi connectivity index (χ1n) is 6.45. The number of carboxylic acid groups (broad SMARTS) is 1. The molecule has 2 N–H and O–H groups in total. The fourth-order valence-electron chi connectivity index (χ4n) is 1.66. The Hall–Kier alpha value is -1.30. The second-order valence-corrected chi connectivity index (χ2v) is 4.57. The normalized spacial score (nSPS) is 14.3. The Kier molecular flexibility index (Phi) is 6.49. The number of nitrogens with one attached hydrogen (secondary N) is 1. The van der Waals surface area contributed by atoms with Crippen LogP contribution in [0.5, 0.6) is 0 Å². The van der Waals surface area contributed by atoms with Crippen LogP contribution in [-0.4, -0.2) is 54.9 Å². The van der Waals surface area contributed by atoms with Crippen molar-refractivity contribution in [2.24, 2.45) is 5.92 Å². The molecule has 6 heteroatoms. The van der Waals surface area contributed by atoms with Gasteiger partial charge in [-0.25, -0.2) is 9.59 Å². The van der Waals surface area contributed by atoms with Crippen molar-refractivity contribution in [1.29, 1.82) is 0 Å². The molecule has 0 aromatic carbocycles. The van der Waals surface area contributed by atoms with Crippen molar-refractivity contribution in [2.75, 3.05) is 32.8 Å². The lowest BCUT2D eigenvalue weighted by atomic mass is 10.3. The van der Waals surface area contributed by atoms with Crippen LogP contribution in [0.25, 0.3) is 0 Å². The Morgan fingerprint density at radius 2 is 2.17 bits per heavy atom. The van der Waals surface area contributed by atoms with Gasteiger partial charge in [0.15, 0.2) is 0 Å². The van der Waals surface area contributed by atoms with Crippen molar-refractivity contribution in [3.8, 4) is 0 Å². The van der Waals surface area contributed by atoms with Crippen LogP contribution in [-0.2, 0) is 9.53 Å². The highest BCUT2D eigenvalue weighted by Crippen LogP contribution is 2.29. The molecule has 18 heavy (non-hydrogen) atoms. The first-order chi connectivity index (χ1) is 8.63. The van der Waals surface area contributed by atoms with Crippen LogP contribution in [0, 0.1) is 5.92 Å². The Morgan fingerprint density at radius 3 is 2.72 bits per heavy atom. The molecule has 0 spiro atoms. The van der Waals surface area contributed by atoms with Crippen molar-refractivity contribution in [3.05, 3.63) is 0 Å². The van der Waals surface area contributed by atoms with E-state index in [0.717, 1.165) is 19.5 Å². The van der Waals surface area contributed by atoms with Crippen LogP contribution in [0.4, 0.5) is 4.79 Å². The van der Waals surface area contributed by atoms with E-state index in [2.05, 4.69) is 5.32 Å². The molecule has 1 saturated carbocycles. The number of ether oxygens (including phenoxy) is 1. The first-order valence-corrected chi connectivity index (χ1v) is 6.45.